The van der Waals surface area contributed by atoms with E-state index < -0.39 is 0 Å². The number of nitrogens with zero attached hydrogens (tertiary/aromatic N) is 1. The lowest BCUT2D eigenvalue weighted by Gasteiger charge is -2.52. The van der Waals surface area contributed by atoms with Crippen molar-refractivity contribution in [3.05, 3.63) is 30.3 Å². The molecule has 1 spiro atoms. The summed E-state index contributed by atoms with van der Waals surface area (Å²) in [6, 6.07) is 11.5. The molecule has 0 aromatic heterocycles. The summed E-state index contributed by atoms with van der Waals surface area (Å²) in [4.78, 5) is 2.36. The van der Waals surface area contributed by atoms with Crippen molar-refractivity contribution in [1.29, 1.82) is 0 Å². The molecule has 0 radical (unpaired) electrons. The van der Waals surface area contributed by atoms with Crippen molar-refractivity contribution < 1.29 is 0 Å². The molecule has 21 heavy (non-hydrogen) atoms. The van der Waals surface area contributed by atoms with Crippen LogP contribution in [-0.2, 0) is 0 Å². The Kier molecular flexibility index (Phi) is 4.84. The number of anilines is 1. The third-order valence-electron chi connectivity index (χ3n) is 5.78. The number of nitrogens with one attached hydrogen (secondary N) is 1. The van der Waals surface area contributed by atoms with Crippen LogP contribution in [0.4, 0.5) is 5.69 Å². The van der Waals surface area contributed by atoms with Gasteiger partial charge in [-0.25, -0.2) is 0 Å². The first-order valence-electron chi connectivity index (χ1n) is 8.80. The van der Waals surface area contributed by atoms with Crippen molar-refractivity contribution >= 4 is 5.69 Å². The summed E-state index contributed by atoms with van der Waals surface area (Å²) in [7, 11) is 2.20. The highest BCUT2D eigenvalue weighted by Gasteiger charge is 2.46. The second-order valence-electron chi connectivity index (χ2n) is 7.08. The summed E-state index contributed by atoms with van der Waals surface area (Å²) < 4.78 is 0. The topological polar surface area (TPSA) is 15.3 Å². The van der Waals surface area contributed by atoms with Gasteiger partial charge in [0.1, 0.15) is 0 Å². The second-order valence-corrected chi connectivity index (χ2v) is 7.08. The molecule has 116 valence electrons. The molecule has 2 nitrogen and oxygen atoms in total. The quantitative estimate of drug-likeness (QED) is 0.788. The Hall–Kier alpha value is -1.02. The van der Waals surface area contributed by atoms with Gasteiger partial charge in [0.2, 0.25) is 0 Å². The summed E-state index contributed by atoms with van der Waals surface area (Å²) in [5, 5.41) is 3.86. The van der Waals surface area contributed by atoms with E-state index in [0.29, 0.717) is 5.41 Å². The fourth-order valence-electron chi connectivity index (χ4n) is 4.27. The van der Waals surface area contributed by atoms with Gasteiger partial charge < -0.3 is 10.2 Å². The zero-order valence-corrected chi connectivity index (χ0v) is 13.5. The van der Waals surface area contributed by atoms with E-state index in [1.54, 1.807) is 0 Å². The molecule has 1 aromatic rings. The highest BCUT2D eigenvalue weighted by Crippen LogP contribution is 2.51. The van der Waals surface area contributed by atoms with Crippen LogP contribution in [0.15, 0.2) is 30.3 Å². The lowest BCUT2D eigenvalue weighted by Crippen LogP contribution is -2.54. The molecule has 0 saturated heterocycles. The Balaban J connectivity index is 1.37. The van der Waals surface area contributed by atoms with Crippen molar-refractivity contribution in [2.45, 2.75) is 57.4 Å². The minimum atomic E-state index is 0.698. The van der Waals surface area contributed by atoms with Crippen LogP contribution in [0.2, 0.25) is 0 Å². The standard InChI is InChI=1S/C19H30N2/c1-21(17-9-4-2-5-10-17)16-8-15-20-18-11-14-19(18)12-6-3-7-13-19/h2,4-5,9-10,18,20H,3,6-8,11-16H2,1H3. The van der Waals surface area contributed by atoms with Crippen molar-refractivity contribution in [1.82, 2.24) is 5.32 Å². The monoisotopic (exact) mass is 286 g/mol. The van der Waals surface area contributed by atoms with Crippen molar-refractivity contribution in [2.24, 2.45) is 5.41 Å². The van der Waals surface area contributed by atoms with Gasteiger partial charge in [0.05, 0.1) is 0 Å². The van der Waals surface area contributed by atoms with E-state index >= 15 is 0 Å². The van der Waals surface area contributed by atoms with E-state index in [0.717, 1.165) is 12.6 Å². The lowest BCUT2D eigenvalue weighted by atomic mass is 9.57. The number of hydrogen-bond donors (Lipinski definition) is 1. The molecule has 2 fully saturated rings. The zero-order chi connectivity index (χ0) is 14.5. The highest BCUT2D eigenvalue weighted by atomic mass is 15.1. The summed E-state index contributed by atoms with van der Waals surface area (Å²) in [5.41, 5.74) is 2.02. The van der Waals surface area contributed by atoms with E-state index in [1.807, 2.05) is 0 Å². The molecular weight excluding hydrogens is 256 g/mol. The van der Waals surface area contributed by atoms with Crippen LogP contribution in [0.3, 0.4) is 0 Å². The summed E-state index contributed by atoms with van der Waals surface area (Å²) in [6.45, 7) is 2.31. The third-order valence-corrected chi connectivity index (χ3v) is 5.78. The number of rotatable bonds is 6. The van der Waals surface area contributed by atoms with E-state index in [4.69, 9.17) is 0 Å². The van der Waals surface area contributed by atoms with Gasteiger partial charge in [0.25, 0.3) is 0 Å². The van der Waals surface area contributed by atoms with Crippen molar-refractivity contribution in [3.8, 4) is 0 Å². The van der Waals surface area contributed by atoms with Crippen LogP contribution in [0, 0.1) is 5.41 Å². The van der Waals surface area contributed by atoms with Gasteiger partial charge in [-0.3, -0.25) is 0 Å². The molecule has 1 unspecified atom stereocenters. The number of hydrogen-bond acceptors (Lipinski definition) is 2. The molecule has 1 aromatic carbocycles. The smallest absolute Gasteiger partial charge is 0.0363 e. The largest absolute Gasteiger partial charge is 0.375 e. The Morgan fingerprint density at radius 2 is 1.86 bits per heavy atom. The fourth-order valence-corrected chi connectivity index (χ4v) is 4.27. The predicted octanol–water partition coefficient (Wildman–Crippen LogP) is 4.22. The molecule has 0 bridgehead atoms. The summed E-state index contributed by atoms with van der Waals surface area (Å²) in [6.07, 6.45) is 11.5. The Labute approximate surface area is 129 Å². The van der Waals surface area contributed by atoms with Crippen LogP contribution in [0.5, 0.6) is 0 Å². The van der Waals surface area contributed by atoms with Crippen LogP contribution in [0.25, 0.3) is 0 Å². The first kappa shape index (κ1) is 14.9. The maximum atomic E-state index is 3.86. The Morgan fingerprint density at radius 1 is 1.10 bits per heavy atom. The van der Waals surface area contributed by atoms with Crippen LogP contribution < -0.4 is 10.2 Å². The van der Waals surface area contributed by atoms with Crippen molar-refractivity contribution in [3.63, 3.8) is 0 Å². The molecule has 0 aliphatic heterocycles. The first-order valence-corrected chi connectivity index (χ1v) is 8.80. The predicted molar refractivity (Wildman–Crippen MR) is 90.9 cm³/mol. The van der Waals surface area contributed by atoms with Crippen LogP contribution in [0.1, 0.15) is 51.4 Å². The molecule has 2 heteroatoms. The van der Waals surface area contributed by atoms with E-state index in [-0.39, 0.29) is 0 Å². The van der Waals surface area contributed by atoms with Gasteiger partial charge >= 0.3 is 0 Å². The van der Waals surface area contributed by atoms with Gasteiger partial charge in [-0.2, -0.15) is 0 Å². The molecular formula is C19H30N2. The van der Waals surface area contributed by atoms with Crippen LogP contribution in [-0.4, -0.2) is 26.2 Å². The maximum absolute atomic E-state index is 3.86. The van der Waals surface area contributed by atoms with Crippen LogP contribution >= 0.6 is 0 Å². The first-order chi connectivity index (χ1) is 10.3. The molecule has 1 N–H and O–H groups in total. The second kappa shape index (κ2) is 6.83. The zero-order valence-electron chi connectivity index (χ0n) is 13.5. The third kappa shape index (κ3) is 3.42. The Morgan fingerprint density at radius 3 is 2.52 bits per heavy atom. The molecule has 2 saturated carbocycles. The normalized spacial score (nSPS) is 23.8. The SMILES string of the molecule is CN(CCCNC1CCC12CCCCC2)c1ccccc1. The number of para-hydroxylation sites is 1. The van der Waals surface area contributed by atoms with Gasteiger partial charge in [-0.1, -0.05) is 37.5 Å². The number of benzene rings is 1. The fraction of sp³-hybridized carbons (Fsp3) is 0.684. The molecule has 2 aliphatic carbocycles. The molecule has 0 amide bonds. The molecule has 0 heterocycles. The van der Waals surface area contributed by atoms with Gasteiger partial charge in [0, 0.05) is 25.3 Å². The maximum Gasteiger partial charge on any atom is 0.0363 e. The lowest BCUT2D eigenvalue weighted by molar-refractivity contribution is 0.0233. The minimum Gasteiger partial charge on any atom is -0.375 e. The van der Waals surface area contributed by atoms with E-state index in [1.165, 1.54) is 63.6 Å². The highest BCUT2D eigenvalue weighted by molar-refractivity contribution is 5.44. The summed E-state index contributed by atoms with van der Waals surface area (Å²) in [5.74, 6) is 0. The van der Waals surface area contributed by atoms with Gasteiger partial charge in [0.15, 0.2) is 0 Å². The molecule has 2 aliphatic rings. The van der Waals surface area contributed by atoms with Gasteiger partial charge in [-0.05, 0) is 56.2 Å². The van der Waals surface area contributed by atoms with E-state index in [9.17, 15) is 0 Å². The minimum absolute atomic E-state index is 0.698. The summed E-state index contributed by atoms with van der Waals surface area (Å²) >= 11 is 0. The average Bonchev–Trinajstić information content (AvgIpc) is 2.55. The molecule has 1 atom stereocenters. The van der Waals surface area contributed by atoms with E-state index in [2.05, 4.69) is 47.6 Å². The Bertz CT molecular complexity index is 422. The van der Waals surface area contributed by atoms with Crippen molar-refractivity contribution in [2.75, 3.05) is 25.0 Å². The van der Waals surface area contributed by atoms with Gasteiger partial charge in [-0.15, -0.1) is 0 Å². The molecule has 3 rings (SSSR count). The average molecular weight is 286 g/mol.